The summed E-state index contributed by atoms with van der Waals surface area (Å²) in [4.78, 5) is 4.61. The number of hydrogen-bond acceptors (Lipinski definition) is 1. The number of rotatable bonds is 4. The van der Waals surface area contributed by atoms with Gasteiger partial charge < -0.3 is 0 Å². The molecule has 3 heteroatoms. The van der Waals surface area contributed by atoms with Crippen molar-refractivity contribution in [1.82, 2.24) is 4.98 Å². The normalized spacial score (nSPS) is 11.4. The molecule has 3 rings (SSSR count). The van der Waals surface area contributed by atoms with Crippen molar-refractivity contribution in [3.05, 3.63) is 99.3 Å². The maximum absolute atomic E-state index is 5.89. The average molecular weight is 352 g/mol. The Kier molecular flexibility index (Phi) is 5.47. The maximum atomic E-state index is 5.89. The highest BCUT2D eigenvalue weighted by Crippen LogP contribution is 2.14. The average Bonchev–Trinajstić information content (AvgIpc) is 2.61. The molecule has 0 fully saturated rings. The van der Waals surface area contributed by atoms with Crippen LogP contribution >= 0.6 is 23.2 Å². The van der Waals surface area contributed by atoms with Crippen LogP contribution in [0, 0.1) is 0 Å². The van der Waals surface area contributed by atoms with Gasteiger partial charge in [-0.15, -0.1) is 0 Å². The molecule has 0 atom stereocenters. The molecule has 1 aromatic heterocycles. The van der Waals surface area contributed by atoms with E-state index >= 15 is 0 Å². The Bertz CT molecular complexity index is 792. The summed E-state index contributed by atoms with van der Waals surface area (Å²) in [5.41, 5.74) is 3.98. The summed E-state index contributed by atoms with van der Waals surface area (Å²) in [7, 11) is 0. The van der Waals surface area contributed by atoms with Crippen molar-refractivity contribution in [2.75, 3.05) is 0 Å². The first kappa shape index (κ1) is 16.5. The second kappa shape index (κ2) is 7.96. The van der Waals surface area contributed by atoms with E-state index in [1.807, 2.05) is 91.0 Å². The maximum Gasteiger partial charge on any atom is 0.0637 e. The van der Waals surface area contributed by atoms with E-state index in [0.29, 0.717) is 0 Å². The molecular formula is C21H15Cl2N. The highest BCUT2D eigenvalue weighted by Gasteiger charge is 1.94. The predicted octanol–water partition coefficient (Wildman–Crippen LogP) is 6.73. The van der Waals surface area contributed by atoms with Gasteiger partial charge in [-0.1, -0.05) is 65.7 Å². The lowest BCUT2D eigenvalue weighted by atomic mass is 10.2. The Morgan fingerprint density at radius 2 is 0.958 bits per heavy atom. The van der Waals surface area contributed by atoms with Crippen molar-refractivity contribution in [2.45, 2.75) is 0 Å². The van der Waals surface area contributed by atoms with Gasteiger partial charge >= 0.3 is 0 Å². The Labute approximate surface area is 151 Å². The van der Waals surface area contributed by atoms with Crippen LogP contribution in [0.4, 0.5) is 0 Å². The zero-order valence-electron chi connectivity index (χ0n) is 12.9. The van der Waals surface area contributed by atoms with Crippen LogP contribution in [0.2, 0.25) is 10.0 Å². The third-order valence-electron chi connectivity index (χ3n) is 3.43. The zero-order chi connectivity index (χ0) is 16.8. The summed E-state index contributed by atoms with van der Waals surface area (Å²) < 4.78 is 0. The van der Waals surface area contributed by atoms with Crippen molar-refractivity contribution in [2.24, 2.45) is 0 Å². The zero-order valence-corrected chi connectivity index (χ0v) is 14.4. The van der Waals surface area contributed by atoms with Crippen molar-refractivity contribution in [1.29, 1.82) is 0 Å². The smallest absolute Gasteiger partial charge is 0.0637 e. The molecule has 0 bridgehead atoms. The molecule has 3 aromatic rings. The second-order valence-electron chi connectivity index (χ2n) is 5.26. The molecule has 0 saturated carbocycles. The number of benzene rings is 2. The molecule has 0 aliphatic heterocycles. The van der Waals surface area contributed by atoms with Gasteiger partial charge in [0.05, 0.1) is 11.4 Å². The SMILES string of the molecule is Clc1ccc(/C=C\c2cccc(/C=C/c3ccc(Cl)cc3)n2)cc1. The summed E-state index contributed by atoms with van der Waals surface area (Å²) in [5, 5.41) is 1.47. The molecule has 0 N–H and O–H groups in total. The largest absolute Gasteiger partial charge is 0.249 e. The molecule has 0 aliphatic rings. The van der Waals surface area contributed by atoms with Gasteiger partial charge in [0.25, 0.3) is 0 Å². The van der Waals surface area contributed by atoms with Crippen LogP contribution in [-0.4, -0.2) is 4.98 Å². The van der Waals surface area contributed by atoms with Crippen molar-refractivity contribution in [3.63, 3.8) is 0 Å². The first-order valence-corrected chi connectivity index (χ1v) is 8.29. The monoisotopic (exact) mass is 351 g/mol. The number of hydrogen-bond donors (Lipinski definition) is 0. The summed E-state index contributed by atoms with van der Waals surface area (Å²) in [6.07, 6.45) is 8.02. The minimum Gasteiger partial charge on any atom is -0.249 e. The fraction of sp³-hybridized carbons (Fsp3) is 0. The first-order chi connectivity index (χ1) is 11.7. The second-order valence-corrected chi connectivity index (χ2v) is 6.13. The standard InChI is InChI=1S/C21H15Cl2N/c22-18-10-4-16(5-11-18)8-14-20-2-1-3-21(24-20)15-9-17-6-12-19(23)13-7-17/h1-15H/b14-8-,15-9+. The lowest BCUT2D eigenvalue weighted by Gasteiger charge is -1.98. The molecule has 24 heavy (non-hydrogen) atoms. The molecule has 0 aliphatic carbocycles. The van der Waals surface area contributed by atoms with Gasteiger partial charge in [-0.25, -0.2) is 4.98 Å². The van der Waals surface area contributed by atoms with Crippen molar-refractivity contribution in [3.8, 4) is 0 Å². The molecule has 118 valence electrons. The van der Waals surface area contributed by atoms with Gasteiger partial charge in [0, 0.05) is 10.0 Å². The number of halogens is 2. The third-order valence-corrected chi connectivity index (χ3v) is 3.93. The predicted molar refractivity (Wildman–Crippen MR) is 105 cm³/mol. The lowest BCUT2D eigenvalue weighted by molar-refractivity contribution is 1.27. The minimum atomic E-state index is 0.736. The Morgan fingerprint density at radius 1 is 0.542 bits per heavy atom. The Balaban J connectivity index is 1.74. The quantitative estimate of drug-likeness (QED) is 0.507. The van der Waals surface area contributed by atoms with Crippen LogP contribution in [0.5, 0.6) is 0 Å². The molecule has 1 heterocycles. The van der Waals surface area contributed by atoms with Crippen LogP contribution in [0.25, 0.3) is 24.3 Å². The van der Waals surface area contributed by atoms with E-state index in [9.17, 15) is 0 Å². The molecule has 0 saturated heterocycles. The highest BCUT2D eigenvalue weighted by atomic mass is 35.5. The molecule has 0 spiro atoms. The third kappa shape index (κ3) is 4.82. The van der Waals surface area contributed by atoms with E-state index in [1.165, 1.54) is 0 Å². The van der Waals surface area contributed by atoms with Gasteiger partial charge in [0.1, 0.15) is 0 Å². The number of nitrogens with zero attached hydrogens (tertiary/aromatic N) is 1. The van der Waals surface area contributed by atoms with E-state index in [2.05, 4.69) is 4.98 Å². The summed E-state index contributed by atoms with van der Waals surface area (Å²) >= 11 is 11.8. The molecular weight excluding hydrogens is 337 g/mol. The van der Waals surface area contributed by atoms with Crippen molar-refractivity contribution < 1.29 is 0 Å². The molecule has 1 nitrogen and oxygen atoms in total. The molecule has 0 unspecified atom stereocenters. The van der Waals surface area contributed by atoms with Gasteiger partial charge in [-0.3, -0.25) is 0 Å². The molecule has 0 radical (unpaired) electrons. The van der Waals surface area contributed by atoms with Crippen LogP contribution < -0.4 is 0 Å². The first-order valence-electron chi connectivity index (χ1n) is 7.53. The van der Waals surface area contributed by atoms with E-state index in [4.69, 9.17) is 23.2 Å². The fourth-order valence-electron chi connectivity index (χ4n) is 2.17. The van der Waals surface area contributed by atoms with Crippen LogP contribution in [-0.2, 0) is 0 Å². The summed E-state index contributed by atoms with van der Waals surface area (Å²) in [6, 6.07) is 21.4. The Morgan fingerprint density at radius 3 is 1.38 bits per heavy atom. The molecule has 2 aromatic carbocycles. The van der Waals surface area contributed by atoms with E-state index < -0.39 is 0 Å². The van der Waals surface area contributed by atoms with Gasteiger partial charge in [0.15, 0.2) is 0 Å². The van der Waals surface area contributed by atoms with E-state index in [0.717, 1.165) is 32.6 Å². The highest BCUT2D eigenvalue weighted by molar-refractivity contribution is 6.30. The number of pyridine rings is 1. The van der Waals surface area contributed by atoms with Gasteiger partial charge in [-0.2, -0.15) is 0 Å². The van der Waals surface area contributed by atoms with E-state index in [1.54, 1.807) is 0 Å². The topological polar surface area (TPSA) is 12.9 Å². The summed E-state index contributed by atoms with van der Waals surface area (Å²) in [6.45, 7) is 0. The van der Waals surface area contributed by atoms with Gasteiger partial charge in [0.2, 0.25) is 0 Å². The molecule has 0 amide bonds. The minimum absolute atomic E-state index is 0.736. The van der Waals surface area contributed by atoms with Gasteiger partial charge in [-0.05, 0) is 59.7 Å². The summed E-state index contributed by atoms with van der Waals surface area (Å²) in [5.74, 6) is 0. The van der Waals surface area contributed by atoms with Crippen LogP contribution in [0.1, 0.15) is 22.5 Å². The van der Waals surface area contributed by atoms with Crippen molar-refractivity contribution >= 4 is 47.5 Å². The Hall–Kier alpha value is -2.35. The fourth-order valence-corrected chi connectivity index (χ4v) is 2.42. The lowest BCUT2D eigenvalue weighted by Crippen LogP contribution is -1.84. The van der Waals surface area contributed by atoms with Crippen LogP contribution in [0.15, 0.2) is 66.7 Å². The van der Waals surface area contributed by atoms with E-state index in [-0.39, 0.29) is 0 Å². The van der Waals surface area contributed by atoms with Crippen LogP contribution in [0.3, 0.4) is 0 Å². The number of aromatic nitrogens is 1.